The highest BCUT2D eigenvalue weighted by Gasteiger charge is 2.09. The quantitative estimate of drug-likeness (QED) is 0.819. The minimum atomic E-state index is -0.0741. The number of ether oxygens (including phenoxy) is 1. The van der Waals surface area contributed by atoms with Crippen LogP contribution in [0.25, 0.3) is 0 Å². The molecule has 1 heterocycles. The van der Waals surface area contributed by atoms with Crippen molar-refractivity contribution in [3.63, 3.8) is 0 Å². The molecule has 0 unspecified atom stereocenters. The molecule has 0 atom stereocenters. The Hall–Kier alpha value is -2.34. The van der Waals surface area contributed by atoms with Gasteiger partial charge in [-0.2, -0.15) is 0 Å². The van der Waals surface area contributed by atoms with Crippen molar-refractivity contribution in [2.45, 2.75) is 27.2 Å². The van der Waals surface area contributed by atoms with Crippen molar-refractivity contribution in [3.05, 3.63) is 34.9 Å². The molecular weight excluding hydrogens is 328 g/mol. The first-order valence-corrected chi connectivity index (χ1v) is 8.01. The lowest BCUT2D eigenvalue weighted by atomic mass is 10.1. The Bertz CT molecular complexity index is 717. The highest BCUT2D eigenvalue weighted by molar-refractivity contribution is 6.31. The van der Waals surface area contributed by atoms with E-state index in [1.807, 2.05) is 26.8 Å². The number of carbonyl (C=O) groups is 1. The molecule has 0 radical (unpaired) electrons. The van der Waals surface area contributed by atoms with Gasteiger partial charge in [-0.05, 0) is 36.6 Å². The maximum absolute atomic E-state index is 11.7. The summed E-state index contributed by atoms with van der Waals surface area (Å²) in [7, 11) is 1.57. The fraction of sp³-hybridized carbons (Fsp3) is 0.353. The van der Waals surface area contributed by atoms with E-state index in [4.69, 9.17) is 16.3 Å². The predicted octanol–water partition coefficient (Wildman–Crippen LogP) is 4.18. The van der Waals surface area contributed by atoms with Crippen molar-refractivity contribution < 1.29 is 9.53 Å². The van der Waals surface area contributed by atoms with E-state index in [0.717, 1.165) is 11.3 Å². The van der Waals surface area contributed by atoms with E-state index in [1.54, 1.807) is 25.3 Å². The zero-order chi connectivity index (χ0) is 17.7. The molecule has 0 bridgehead atoms. The lowest BCUT2D eigenvalue weighted by Gasteiger charge is -2.12. The van der Waals surface area contributed by atoms with Gasteiger partial charge in [0.1, 0.15) is 5.75 Å². The number of nitrogens with one attached hydrogen (secondary N) is 2. The normalized spacial score (nSPS) is 10.6. The third kappa shape index (κ3) is 4.83. The second-order valence-corrected chi connectivity index (χ2v) is 6.28. The summed E-state index contributed by atoms with van der Waals surface area (Å²) in [5.41, 5.74) is 1.66. The van der Waals surface area contributed by atoms with Crippen LogP contribution in [0.1, 0.15) is 25.8 Å². The van der Waals surface area contributed by atoms with Crippen LogP contribution in [0.5, 0.6) is 5.75 Å². The number of halogens is 1. The third-order valence-electron chi connectivity index (χ3n) is 3.27. The average molecular weight is 349 g/mol. The van der Waals surface area contributed by atoms with Crippen LogP contribution in [0.15, 0.2) is 24.3 Å². The van der Waals surface area contributed by atoms with Gasteiger partial charge in [-0.1, -0.05) is 25.4 Å². The molecule has 128 valence electrons. The molecule has 0 spiro atoms. The molecule has 1 amide bonds. The Balaban J connectivity index is 2.09. The Morgan fingerprint density at radius 1 is 1.25 bits per heavy atom. The molecule has 0 aliphatic rings. The van der Waals surface area contributed by atoms with Crippen LogP contribution in [0.4, 0.5) is 17.3 Å². The Morgan fingerprint density at radius 3 is 2.50 bits per heavy atom. The maximum Gasteiger partial charge on any atom is 0.225 e. The molecular formula is C17H21ClN4O2. The molecule has 0 saturated heterocycles. The number of aromatic nitrogens is 2. The Morgan fingerprint density at radius 2 is 1.92 bits per heavy atom. The van der Waals surface area contributed by atoms with Gasteiger partial charge in [-0.3, -0.25) is 4.79 Å². The monoisotopic (exact) mass is 348 g/mol. The smallest absolute Gasteiger partial charge is 0.225 e. The van der Waals surface area contributed by atoms with E-state index in [2.05, 4.69) is 20.8 Å². The Labute approximate surface area is 146 Å². The fourth-order valence-electron chi connectivity index (χ4n) is 2.10. The van der Waals surface area contributed by atoms with Crippen LogP contribution in [0.2, 0.25) is 5.02 Å². The van der Waals surface area contributed by atoms with Crippen molar-refractivity contribution in [2.24, 2.45) is 5.92 Å². The van der Waals surface area contributed by atoms with Crippen LogP contribution < -0.4 is 15.4 Å². The minimum Gasteiger partial charge on any atom is -0.495 e. The summed E-state index contributed by atoms with van der Waals surface area (Å²) >= 11 is 6.10. The van der Waals surface area contributed by atoms with Crippen molar-refractivity contribution in [1.82, 2.24) is 10.2 Å². The Kier molecular flexibility index (Phi) is 5.98. The number of nitrogens with zero attached hydrogens (tertiary/aromatic N) is 2. The summed E-state index contributed by atoms with van der Waals surface area (Å²) in [5.74, 6) is 1.79. The zero-order valence-corrected chi connectivity index (χ0v) is 14.9. The van der Waals surface area contributed by atoms with Crippen LogP contribution in [0.3, 0.4) is 0 Å². The first-order valence-electron chi connectivity index (χ1n) is 7.63. The number of hydrogen-bond donors (Lipinski definition) is 2. The van der Waals surface area contributed by atoms with Gasteiger partial charge in [0.05, 0.1) is 12.8 Å². The zero-order valence-electron chi connectivity index (χ0n) is 14.2. The highest BCUT2D eigenvalue weighted by atomic mass is 35.5. The van der Waals surface area contributed by atoms with Gasteiger partial charge in [0.2, 0.25) is 5.91 Å². The molecule has 7 heteroatoms. The molecule has 0 saturated carbocycles. The lowest BCUT2D eigenvalue weighted by molar-refractivity contribution is -0.116. The number of hydrogen-bond acceptors (Lipinski definition) is 5. The third-order valence-corrected chi connectivity index (χ3v) is 3.68. The van der Waals surface area contributed by atoms with Crippen molar-refractivity contribution in [3.8, 4) is 5.75 Å². The van der Waals surface area contributed by atoms with Gasteiger partial charge in [-0.25, -0.2) is 0 Å². The summed E-state index contributed by atoms with van der Waals surface area (Å²) in [4.78, 5) is 11.7. The van der Waals surface area contributed by atoms with Crippen molar-refractivity contribution >= 4 is 34.8 Å². The molecule has 0 fully saturated rings. The van der Waals surface area contributed by atoms with E-state index < -0.39 is 0 Å². The second-order valence-electron chi connectivity index (χ2n) is 5.88. The van der Waals surface area contributed by atoms with Crippen LogP contribution in [-0.2, 0) is 4.79 Å². The summed E-state index contributed by atoms with van der Waals surface area (Å²) in [6, 6.07) is 7.05. The van der Waals surface area contributed by atoms with Crippen molar-refractivity contribution in [1.29, 1.82) is 0 Å². The number of carbonyl (C=O) groups excluding carboxylic acids is 1. The number of amides is 1. The summed E-state index contributed by atoms with van der Waals surface area (Å²) in [6.45, 7) is 5.88. The molecule has 0 aliphatic heterocycles. The van der Waals surface area contributed by atoms with E-state index >= 15 is 0 Å². The van der Waals surface area contributed by atoms with E-state index in [9.17, 15) is 4.79 Å². The van der Waals surface area contributed by atoms with Gasteiger partial charge in [-0.15, -0.1) is 10.2 Å². The molecule has 24 heavy (non-hydrogen) atoms. The number of anilines is 3. The number of rotatable bonds is 6. The highest BCUT2D eigenvalue weighted by Crippen LogP contribution is 2.32. The van der Waals surface area contributed by atoms with Gasteiger partial charge >= 0.3 is 0 Å². The molecule has 6 nitrogen and oxygen atoms in total. The number of aryl methyl sites for hydroxylation is 1. The first kappa shape index (κ1) is 18.0. The molecule has 2 rings (SSSR count). The average Bonchev–Trinajstić information content (AvgIpc) is 2.51. The van der Waals surface area contributed by atoms with E-state index in [-0.39, 0.29) is 5.91 Å². The predicted molar refractivity (Wildman–Crippen MR) is 96.1 cm³/mol. The van der Waals surface area contributed by atoms with Crippen LogP contribution >= 0.6 is 11.6 Å². The van der Waals surface area contributed by atoms with Gasteiger partial charge in [0.25, 0.3) is 0 Å². The standard InChI is InChI=1S/C17H21ClN4O2/c1-10(2)7-17(23)20-16-6-5-15(21-22-16)19-13-8-11(3)12(18)9-14(13)24-4/h5-6,8-10H,7H2,1-4H3,(H,19,21)(H,20,22,23). The number of benzene rings is 1. The van der Waals surface area contributed by atoms with Crippen molar-refractivity contribution in [2.75, 3.05) is 17.7 Å². The minimum absolute atomic E-state index is 0.0741. The maximum atomic E-state index is 11.7. The fourth-order valence-corrected chi connectivity index (χ4v) is 2.25. The molecule has 0 aliphatic carbocycles. The molecule has 1 aromatic heterocycles. The second kappa shape index (κ2) is 7.97. The molecule has 2 N–H and O–H groups in total. The van der Waals surface area contributed by atoms with Gasteiger partial charge in [0, 0.05) is 17.5 Å². The van der Waals surface area contributed by atoms with E-state index in [0.29, 0.717) is 34.7 Å². The summed E-state index contributed by atoms with van der Waals surface area (Å²) in [6.07, 6.45) is 0.447. The van der Waals surface area contributed by atoms with Gasteiger partial charge < -0.3 is 15.4 Å². The van der Waals surface area contributed by atoms with E-state index in [1.165, 1.54) is 0 Å². The van der Waals surface area contributed by atoms with Gasteiger partial charge in [0.15, 0.2) is 11.6 Å². The first-order chi connectivity index (χ1) is 11.4. The number of methoxy groups -OCH3 is 1. The topological polar surface area (TPSA) is 76.1 Å². The SMILES string of the molecule is COc1cc(Cl)c(C)cc1Nc1ccc(NC(=O)CC(C)C)nn1. The largest absolute Gasteiger partial charge is 0.495 e. The summed E-state index contributed by atoms with van der Waals surface area (Å²) < 4.78 is 5.31. The summed E-state index contributed by atoms with van der Waals surface area (Å²) in [5, 5.41) is 14.6. The lowest BCUT2D eigenvalue weighted by Crippen LogP contribution is -2.15. The van der Waals surface area contributed by atoms with Crippen LogP contribution in [0, 0.1) is 12.8 Å². The molecule has 1 aromatic carbocycles. The molecule has 2 aromatic rings. The van der Waals surface area contributed by atoms with Crippen LogP contribution in [-0.4, -0.2) is 23.2 Å².